The second-order valence-electron chi connectivity index (χ2n) is 4.36. The van der Waals surface area contributed by atoms with Gasteiger partial charge < -0.3 is 10.4 Å². The van der Waals surface area contributed by atoms with Crippen LogP contribution in [0.25, 0.3) is 0 Å². The maximum atomic E-state index is 12.0. The minimum absolute atomic E-state index is 0.103. The Hall–Kier alpha value is -1.79. The lowest BCUT2D eigenvalue weighted by atomic mass is 10.2. The van der Waals surface area contributed by atoms with Gasteiger partial charge in [0, 0.05) is 9.77 Å². The number of thioether (sulfide) groups is 1. The number of amides is 1. The SMILES string of the molecule is C[C@@H](Sc1ccccc1C(=O)O)C(=O)NCc1cccs1. The van der Waals surface area contributed by atoms with Gasteiger partial charge in [-0.2, -0.15) is 0 Å². The highest BCUT2D eigenvalue weighted by molar-refractivity contribution is 8.00. The fourth-order valence-corrected chi connectivity index (χ4v) is 3.38. The predicted molar refractivity (Wildman–Crippen MR) is 84.9 cm³/mol. The molecule has 0 fully saturated rings. The van der Waals surface area contributed by atoms with E-state index in [9.17, 15) is 9.59 Å². The van der Waals surface area contributed by atoms with Gasteiger partial charge in [0.05, 0.1) is 17.4 Å². The van der Waals surface area contributed by atoms with Gasteiger partial charge >= 0.3 is 5.97 Å². The van der Waals surface area contributed by atoms with Crippen LogP contribution < -0.4 is 5.32 Å². The van der Waals surface area contributed by atoms with Gasteiger partial charge in [0.1, 0.15) is 0 Å². The molecule has 0 saturated heterocycles. The lowest BCUT2D eigenvalue weighted by molar-refractivity contribution is -0.120. The predicted octanol–water partition coefficient (Wildman–Crippen LogP) is 3.24. The lowest BCUT2D eigenvalue weighted by Crippen LogP contribution is -2.30. The number of hydrogen-bond donors (Lipinski definition) is 2. The van der Waals surface area contributed by atoms with Crippen LogP contribution in [0.3, 0.4) is 0 Å². The summed E-state index contributed by atoms with van der Waals surface area (Å²) in [5.41, 5.74) is 0.223. The number of nitrogens with one attached hydrogen (secondary N) is 1. The first-order chi connectivity index (χ1) is 10.1. The summed E-state index contributed by atoms with van der Waals surface area (Å²) in [6.07, 6.45) is 0. The molecule has 2 aromatic rings. The van der Waals surface area contributed by atoms with Crippen molar-refractivity contribution in [2.75, 3.05) is 0 Å². The Balaban J connectivity index is 1.96. The van der Waals surface area contributed by atoms with Gasteiger partial charge in [-0.15, -0.1) is 23.1 Å². The highest BCUT2D eigenvalue weighted by Gasteiger charge is 2.18. The molecule has 0 aliphatic heterocycles. The molecule has 0 unspecified atom stereocenters. The molecule has 0 aliphatic carbocycles. The Kier molecular flexibility index (Phi) is 5.41. The van der Waals surface area contributed by atoms with Crippen molar-refractivity contribution in [3.8, 4) is 0 Å². The van der Waals surface area contributed by atoms with Crippen molar-refractivity contribution in [1.82, 2.24) is 5.32 Å². The summed E-state index contributed by atoms with van der Waals surface area (Å²) < 4.78 is 0. The highest BCUT2D eigenvalue weighted by atomic mass is 32.2. The zero-order chi connectivity index (χ0) is 15.2. The molecule has 0 spiro atoms. The van der Waals surface area contributed by atoms with Crippen LogP contribution >= 0.6 is 23.1 Å². The van der Waals surface area contributed by atoms with Crippen LogP contribution in [0.2, 0.25) is 0 Å². The minimum Gasteiger partial charge on any atom is -0.478 e. The Labute approximate surface area is 131 Å². The molecule has 1 amide bonds. The standard InChI is InChI=1S/C15H15NO3S2/c1-10(14(17)16-9-11-5-4-8-20-11)21-13-7-3-2-6-12(13)15(18)19/h2-8,10H,9H2,1H3,(H,16,17)(H,18,19)/t10-/m1/s1. The third-order valence-electron chi connectivity index (χ3n) is 2.81. The first kappa shape index (κ1) is 15.6. The Bertz CT molecular complexity index is 626. The average molecular weight is 321 g/mol. The number of rotatable bonds is 6. The monoisotopic (exact) mass is 321 g/mol. The second-order valence-corrected chi connectivity index (χ2v) is 6.77. The first-order valence-corrected chi connectivity index (χ1v) is 8.13. The molecule has 0 aliphatic rings. The number of carbonyl (C=O) groups is 2. The second kappa shape index (κ2) is 7.28. The van der Waals surface area contributed by atoms with Crippen LogP contribution in [0, 0.1) is 0 Å². The lowest BCUT2D eigenvalue weighted by Gasteiger charge is -2.13. The minimum atomic E-state index is -0.982. The molecule has 6 heteroatoms. The van der Waals surface area contributed by atoms with Crippen LogP contribution in [-0.2, 0) is 11.3 Å². The fourth-order valence-electron chi connectivity index (χ4n) is 1.72. The third-order valence-corrected chi connectivity index (χ3v) is 4.86. The molecule has 1 heterocycles. The van der Waals surface area contributed by atoms with E-state index in [1.165, 1.54) is 11.8 Å². The number of carboxylic acids is 1. The van der Waals surface area contributed by atoms with E-state index >= 15 is 0 Å². The molecule has 2 rings (SSSR count). The van der Waals surface area contributed by atoms with E-state index in [1.807, 2.05) is 17.5 Å². The van der Waals surface area contributed by atoms with E-state index in [2.05, 4.69) is 5.32 Å². The van der Waals surface area contributed by atoms with E-state index in [-0.39, 0.29) is 16.7 Å². The number of hydrogen-bond acceptors (Lipinski definition) is 4. The molecule has 0 saturated carbocycles. The number of aromatic carboxylic acids is 1. The zero-order valence-corrected chi connectivity index (χ0v) is 13.0. The van der Waals surface area contributed by atoms with Crippen molar-refractivity contribution in [3.63, 3.8) is 0 Å². The molecule has 110 valence electrons. The molecule has 1 atom stereocenters. The molecular weight excluding hydrogens is 306 g/mol. The summed E-state index contributed by atoms with van der Waals surface area (Å²) >= 11 is 2.84. The van der Waals surface area contributed by atoms with Gasteiger partial charge in [-0.25, -0.2) is 4.79 Å². The van der Waals surface area contributed by atoms with Crippen LogP contribution in [0.15, 0.2) is 46.7 Å². The number of carboxylic acid groups (broad SMARTS) is 1. The van der Waals surface area contributed by atoms with E-state index in [4.69, 9.17) is 5.11 Å². The average Bonchev–Trinajstić information content (AvgIpc) is 2.98. The van der Waals surface area contributed by atoms with E-state index in [0.29, 0.717) is 11.4 Å². The van der Waals surface area contributed by atoms with Crippen LogP contribution in [0.4, 0.5) is 0 Å². The maximum Gasteiger partial charge on any atom is 0.336 e. The van der Waals surface area contributed by atoms with Crippen LogP contribution in [-0.4, -0.2) is 22.2 Å². The number of thiophene rings is 1. The van der Waals surface area contributed by atoms with Gasteiger partial charge in [0.25, 0.3) is 0 Å². The summed E-state index contributed by atoms with van der Waals surface area (Å²) in [6, 6.07) is 10.6. The summed E-state index contributed by atoms with van der Waals surface area (Å²) in [6.45, 7) is 2.27. The normalized spacial score (nSPS) is 11.9. The molecule has 2 N–H and O–H groups in total. The molecule has 1 aromatic heterocycles. The Morgan fingerprint density at radius 2 is 2.05 bits per heavy atom. The van der Waals surface area contributed by atoms with Crippen molar-refractivity contribution in [1.29, 1.82) is 0 Å². The molecular formula is C15H15NO3S2. The van der Waals surface area contributed by atoms with Gasteiger partial charge in [-0.1, -0.05) is 18.2 Å². The summed E-state index contributed by atoms with van der Waals surface area (Å²) in [7, 11) is 0. The third kappa shape index (κ3) is 4.34. The van der Waals surface area contributed by atoms with E-state index in [1.54, 1.807) is 42.5 Å². The largest absolute Gasteiger partial charge is 0.478 e. The first-order valence-electron chi connectivity index (χ1n) is 6.37. The summed E-state index contributed by atoms with van der Waals surface area (Å²) in [4.78, 5) is 24.9. The van der Waals surface area contributed by atoms with Crippen LogP contribution in [0.5, 0.6) is 0 Å². The fraction of sp³-hybridized carbons (Fsp3) is 0.200. The van der Waals surface area contributed by atoms with Gasteiger partial charge in [0.15, 0.2) is 0 Å². The Morgan fingerprint density at radius 1 is 1.29 bits per heavy atom. The van der Waals surface area contributed by atoms with Gasteiger partial charge in [0.2, 0.25) is 5.91 Å². The maximum absolute atomic E-state index is 12.0. The highest BCUT2D eigenvalue weighted by Crippen LogP contribution is 2.27. The van der Waals surface area contributed by atoms with Gasteiger partial charge in [-0.05, 0) is 30.5 Å². The molecule has 0 radical (unpaired) electrons. The number of benzene rings is 1. The van der Waals surface area contributed by atoms with E-state index < -0.39 is 5.97 Å². The van der Waals surface area contributed by atoms with Gasteiger partial charge in [-0.3, -0.25) is 4.79 Å². The Morgan fingerprint density at radius 3 is 2.71 bits per heavy atom. The van der Waals surface area contributed by atoms with Crippen LogP contribution in [0.1, 0.15) is 22.2 Å². The molecule has 1 aromatic carbocycles. The quantitative estimate of drug-likeness (QED) is 0.802. The topological polar surface area (TPSA) is 66.4 Å². The van der Waals surface area contributed by atoms with Crippen molar-refractivity contribution in [2.24, 2.45) is 0 Å². The zero-order valence-electron chi connectivity index (χ0n) is 11.4. The summed E-state index contributed by atoms with van der Waals surface area (Å²) in [5.74, 6) is -1.09. The van der Waals surface area contributed by atoms with Crippen molar-refractivity contribution >= 4 is 35.0 Å². The summed E-state index contributed by atoms with van der Waals surface area (Å²) in [5, 5.41) is 13.6. The van der Waals surface area contributed by atoms with Crippen molar-refractivity contribution < 1.29 is 14.7 Å². The van der Waals surface area contributed by atoms with E-state index in [0.717, 1.165) is 4.88 Å². The smallest absolute Gasteiger partial charge is 0.336 e. The van der Waals surface area contributed by atoms with Crippen molar-refractivity contribution in [3.05, 3.63) is 52.2 Å². The van der Waals surface area contributed by atoms with Crippen molar-refractivity contribution in [2.45, 2.75) is 23.6 Å². The molecule has 0 bridgehead atoms. The molecule has 4 nitrogen and oxygen atoms in total. The molecule has 21 heavy (non-hydrogen) atoms. The number of carbonyl (C=O) groups excluding carboxylic acids is 1.